The van der Waals surface area contributed by atoms with Gasteiger partial charge in [-0.15, -0.1) is 0 Å². The zero-order valence-electron chi connectivity index (χ0n) is 14.8. The Morgan fingerprint density at radius 2 is 1.59 bits per heavy atom. The Morgan fingerprint density at radius 1 is 1.00 bits per heavy atom. The first-order valence-electron chi connectivity index (χ1n) is 8.84. The van der Waals surface area contributed by atoms with Crippen LogP contribution in [0.25, 0.3) is 0 Å². The summed E-state index contributed by atoms with van der Waals surface area (Å²) < 4.78 is 28.7. The van der Waals surface area contributed by atoms with E-state index in [4.69, 9.17) is 22.8 Å². The molecule has 2 atom stereocenters. The normalized spacial score (nSPS) is 19.4. The molecule has 132 valence electrons. The molecule has 1 saturated heterocycles. The molecule has 0 saturated carbocycles. The Bertz CT molecular complexity index is 256. The fourth-order valence-corrected chi connectivity index (χ4v) is 5.21. The highest BCUT2D eigenvalue weighted by molar-refractivity contribution is 6.60. The van der Waals surface area contributed by atoms with E-state index in [9.17, 15) is 0 Å². The fourth-order valence-electron chi connectivity index (χ4n) is 2.53. The molecule has 0 radical (unpaired) electrons. The number of hydrogen-bond acceptors (Lipinski definition) is 5. The topological polar surface area (TPSA) is 49.5 Å². The maximum absolute atomic E-state index is 5.88. The number of unbranched alkanes of at least 4 members (excludes halogenated alkanes) is 1. The standard InChI is InChI=1S/C16H34O5Si/c1-5-15(17-13-16-14-18-16)11-9-10-12-22(19-6-2,20-7-3)21-8-4/h15-16H,5-14H2,1-4H3. The molecule has 0 aliphatic carbocycles. The Morgan fingerprint density at radius 3 is 2.05 bits per heavy atom. The second-order valence-corrected chi connectivity index (χ2v) is 8.28. The molecular formula is C16H34O5Si. The Labute approximate surface area is 137 Å². The minimum atomic E-state index is -2.46. The molecule has 1 aliphatic rings. The van der Waals surface area contributed by atoms with E-state index < -0.39 is 8.80 Å². The monoisotopic (exact) mass is 334 g/mol. The highest BCUT2D eigenvalue weighted by atomic mass is 28.4. The molecular weight excluding hydrogens is 300 g/mol. The number of rotatable bonds is 15. The van der Waals surface area contributed by atoms with Crippen molar-refractivity contribution in [1.29, 1.82) is 0 Å². The summed E-state index contributed by atoms with van der Waals surface area (Å²) >= 11 is 0. The summed E-state index contributed by atoms with van der Waals surface area (Å²) in [5.74, 6) is 0. The first-order chi connectivity index (χ1) is 10.7. The van der Waals surface area contributed by atoms with Crippen molar-refractivity contribution < 1.29 is 22.8 Å². The fraction of sp³-hybridized carbons (Fsp3) is 1.00. The van der Waals surface area contributed by atoms with Crippen LogP contribution < -0.4 is 0 Å². The smallest absolute Gasteiger partial charge is 0.375 e. The predicted molar refractivity (Wildman–Crippen MR) is 89.1 cm³/mol. The highest BCUT2D eigenvalue weighted by Gasteiger charge is 2.39. The lowest BCUT2D eigenvalue weighted by atomic mass is 10.1. The molecule has 0 amide bonds. The van der Waals surface area contributed by atoms with Crippen LogP contribution in [0.2, 0.25) is 6.04 Å². The molecule has 22 heavy (non-hydrogen) atoms. The quantitative estimate of drug-likeness (QED) is 0.261. The van der Waals surface area contributed by atoms with E-state index in [1.165, 1.54) is 0 Å². The van der Waals surface area contributed by atoms with Gasteiger partial charge in [-0.2, -0.15) is 0 Å². The van der Waals surface area contributed by atoms with Crippen molar-refractivity contribution in [1.82, 2.24) is 0 Å². The van der Waals surface area contributed by atoms with Crippen LogP contribution in [0.3, 0.4) is 0 Å². The summed E-state index contributed by atoms with van der Waals surface area (Å²) in [6.07, 6.45) is 5.00. The van der Waals surface area contributed by atoms with Crippen LogP contribution >= 0.6 is 0 Å². The van der Waals surface area contributed by atoms with E-state index in [0.717, 1.165) is 44.9 Å². The lowest BCUT2D eigenvalue weighted by molar-refractivity contribution is 0.0329. The van der Waals surface area contributed by atoms with E-state index in [-0.39, 0.29) is 0 Å². The van der Waals surface area contributed by atoms with Crippen LogP contribution in [0.4, 0.5) is 0 Å². The predicted octanol–water partition coefficient (Wildman–Crippen LogP) is 3.40. The third-order valence-electron chi connectivity index (χ3n) is 3.73. The van der Waals surface area contributed by atoms with Gasteiger partial charge in [0.1, 0.15) is 6.10 Å². The summed E-state index contributed by atoms with van der Waals surface area (Å²) in [4.78, 5) is 0. The molecule has 0 N–H and O–H groups in total. The second-order valence-electron chi connectivity index (χ2n) is 5.55. The minimum Gasteiger partial charge on any atom is -0.375 e. The maximum atomic E-state index is 5.88. The average molecular weight is 335 g/mol. The first kappa shape index (κ1) is 20.1. The van der Waals surface area contributed by atoms with Crippen LogP contribution in [0.5, 0.6) is 0 Å². The summed E-state index contributed by atoms with van der Waals surface area (Å²) in [7, 11) is -2.46. The molecule has 0 spiro atoms. The maximum Gasteiger partial charge on any atom is 0.500 e. The van der Waals surface area contributed by atoms with Crippen molar-refractivity contribution in [2.24, 2.45) is 0 Å². The Kier molecular flexibility index (Phi) is 10.5. The third-order valence-corrected chi connectivity index (χ3v) is 6.88. The molecule has 1 aliphatic heterocycles. The zero-order chi connectivity index (χ0) is 16.3. The van der Waals surface area contributed by atoms with Crippen molar-refractivity contribution in [3.8, 4) is 0 Å². The van der Waals surface area contributed by atoms with Crippen molar-refractivity contribution in [3.05, 3.63) is 0 Å². The lowest BCUT2D eigenvalue weighted by Gasteiger charge is -2.28. The molecule has 2 unspecified atom stereocenters. The largest absolute Gasteiger partial charge is 0.500 e. The molecule has 1 rings (SSSR count). The van der Waals surface area contributed by atoms with Crippen LogP contribution in [0.15, 0.2) is 0 Å². The van der Waals surface area contributed by atoms with Gasteiger partial charge in [-0.3, -0.25) is 0 Å². The zero-order valence-corrected chi connectivity index (χ0v) is 15.8. The molecule has 0 aromatic rings. The molecule has 6 heteroatoms. The van der Waals surface area contributed by atoms with Crippen LogP contribution in [-0.4, -0.2) is 54.0 Å². The van der Waals surface area contributed by atoms with Crippen molar-refractivity contribution >= 4 is 8.80 Å². The second kappa shape index (κ2) is 11.5. The van der Waals surface area contributed by atoms with E-state index in [1.54, 1.807) is 0 Å². The minimum absolute atomic E-state index is 0.339. The van der Waals surface area contributed by atoms with Gasteiger partial charge >= 0.3 is 8.80 Å². The van der Waals surface area contributed by atoms with Gasteiger partial charge < -0.3 is 22.8 Å². The Balaban J connectivity index is 2.26. The third kappa shape index (κ3) is 8.03. The van der Waals surface area contributed by atoms with Gasteiger partial charge in [0.05, 0.1) is 19.3 Å². The summed E-state index contributed by atoms with van der Waals surface area (Å²) in [5, 5.41) is 0. The molecule has 0 aromatic carbocycles. The first-order valence-corrected chi connectivity index (χ1v) is 10.8. The highest BCUT2D eigenvalue weighted by Crippen LogP contribution is 2.21. The molecule has 1 heterocycles. The van der Waals surface area contributed by atoms with Gasteiger partial charge in [0, 0.05) is 25.9 Å². The Hall–Kier alpha value is 0.0169. The van der Waals surface area contributed by atoms with E-state index in [2.05, 4.69) is 6.92 Å². The van der Waals surface area contributed by atoms with Gasteiger partial charge in [-0.1, -0.05) is 13.3 Å². The van der Waals surface area contributed by atoms with Gasteiger partial charge in [-0.05, 0) is 40.0 Å². The molecule has 1 fully saturated rings. The van der Waals surface area contributed by atoms with Crippen molar-refractivity contribution in [2.45, 2.75) is 71.6 Å². The lowest BCUT2D eigenvalue weighted by Crippen LogP contribution is -2.45. The summed E-state index contributed by atoms with van der Waals surface area (Å²) in [5.41, 5.74) is 0. The van der Waals surface area contributed by atoms with E-state index in [1.807, 2.05) is 20.8 Å². The van der Waals surface area contributed by atoms with Gasteiger partial charge in [0.25, 0.3) is 0 Å². The van der Waals surface area contributed by atoms with Gasteiger partial charge in [-0.25, -0.2) is 0 Å². The average Bonchev–Trinajstić information content (AvgIpc) is 3.31. The molecule has 0 bridgehead atoms. The number of epoxide rings is 1. The van der Waals surface area contributed by atoms with E-state index >= 15 is 0 Å². The molecule has 0 aromatic heterocycles. The SMILES string of the molecule is CCO[Si](CCCCC(CC)OCC1CO1)(OCC)OCC. The molecule has 5 nitrogen and oxygen atoms in total. The van der Waals surface area contributed by atoms with E-state index in [0.29, 0.717) is 32.0 Å². The van der Waals surface area contributed by atoms with Gasteiger partial charge in [0.15, 0.2) is 0 Å². The van der Waals surface area contributed by atoms with Crippen LogP contribution in [0.1, 0.15) is 53.4 Å². The number of hydrogen-bond donors (Lipinski definition) is 0. The summed E-state index contributed by atoms with van der Waals surface area (Å²) in [6.45, 7) is 11.7. The van der Waals surface area contributed by atoms with Crippen LogP contribution in [-0.2, 0) is 22.8 Å². The van der Waals surface area contributed by atoms with Crippen molar-refractivity contribution in [2.75, 3.05) is 33.0 Å². The summed E-state index contributed by atoms with van der Waals surface area (Å²) in [6, 6.07) is 0.894. The van der Waals surface area contributed by atoms with Crippen LogP contribution in [0, 0.1) is 0 Å². The van der Waals surface area contributed by atoms with Crippen molar-refractivity contribution in [3.63, 3.8) is 0 Å². The number of ether oxygens (including phenoxy) is 2. The van der Waals surface area contributed by atoms with Gasteiger partial charge in [0.2, 0.25) is 0 Å².